The maximum Gasteiger partial charge on any atom is 0.411 e. The number of ether oxygens (including phenoxy) is 1. The van der Waals surface area contributed by atoms with Crippen LogP contribution in [0.15, 0.2) is 16.6 Å². The second-order valence-corrected chi connectivity index (χ2v) is 4.98. The third kappa shape index (κ3) is 5.22. The number of halogens is 5. The van der Waals surface area contributed by atoms with Gasteiger partial charge in [0.05, 0.1) is 16.8 Å². The lowest BCUT2D eigenvalue weighted by atomic mass is 10.2. The summed E-state index contributed by atoms with van der Waals surface area (Å²) >= 11 is 7.76. The van der Waals surface area contributed by atoms with Crippen molar-refractivity contribution in [3.05, 3.63) is 28.0 Å². The summed E-state index contributed by atoms with van der Waals surface area (Å²) in [7, 11) is 0. The first-order valence-corrected chi connectivity index (χ1v) is 6.58. The van der Waals surface area contributed by atoms with E-state index in [1.54, 1.807) is 0 Å². The minimum absolute atomic E-state index is 0.0336. The molecule has 0 saturated carbocycles. The van der Waals surface area contributed by atoms with Crippen molar-refractivity contribution in [2.24, 2.45) is 5.73 Å². The largest absolute Gasteiger partial charge is 0.411 e. The summed E-state index contributed by atoms with van der Waals surface area (Å²) in [6, 6.07) is 2.91. The molecule has 112 valence electrons. The molecule has 0 saturated heterocycles. The van der Waals surface area contributed by atoms with Crippen LogP contribution in [-0.4, -0.2) is 30.9 Å². The van der Waals surface area contributed by atoms with Crippen molar-refractivity contribution in [2.75, 3.05) is 25.1 Å². The number of benzene rings is 1. The van der Waals surface area contributed by atoms with Gasteiger partial charge < -0.3 is 15.8 Å². The summed E-state index contributed by atoms with van der Waals surface area (Å²) in [5, 5.41) is 2.62. The quantitative estimate of drug-likeness (QED) is 0.456. The molecule has 1 aromatic carbocycles. The molecule has 1 aromatic rings. The molecule has 20 heavy (non-hydrogen) atoms. The maximum absolute atomic E-state index is 13.9. The summed E-state index contributed by atoms with van der Waals surface area (Å²) in [5.74, 6) is -0.619. The number of thiocarbonyl (C=S) groups is 1. The van der Waals surface area contributed by atoms with E-state index in [1.807, 2.05) is 0 Å². The van der Waals surface area contributed by atoms with E-state index in [0.29, 0.717) is 5.56 Å². The van der Waals surface area contributed by atoms with Crippen LogP contribution in [0.5, 0.6) is 0 Å². The van der Waals surface area contributed by atoms with Crippen LogP contribution in [0.2, 0.25) is 0 Å². The van der Waals surface area contributed by atoms with Gasteiger partial charge in [-0.25, -0.2) is 4.39 Å². The summed E-state index contributed by atoms with van der Waals surface area (Å²) in [6.07, 6.45) is -4.37. The standard InChI is InChI=1S/C11H11BrF4N2OS/c12-8-6(10(17)20)1-2-7(9(8)13)18-3-4-19-5-11(14,15)16/h1-2,18H,3-5H2,(H2,17,20). The predicted octanol–water partition coefficient (Wildman–Crippen LogP) is 3.21. The summed E-state index contributed by atoms with van der Waals surface area (Å²) in [5.41, 5.74) is 5.86. The van der Waals surface area contributed by atoms with Crippen LogP contribution in [0.25, 0.3) is 0 Å². The number of nitrogens with two attached hydrogens (primary N) is 1. The van der Waals surface area contributed by atoms with Crippen LogP contribution < -0.4 is 11.1 Å². The number of alkyl halides is 3. The van der Waals surface area contributed by atoms with Gasteiger partial charge in [0.15, 0.2) is 5.82 Å². The van der Waals surface area contributed by atoms with E-state index >= 15 is 0 Å². The highest BCUT2D eigenvalue weighted by Crippen LogP contribution is 2.27. The Morgan fingerprint density at radius 1 is 1.40 bits per heavy atom. The van der Waals surface area contributed by atoms with Crippen LogP contribution in [0.3, 0.4) is 0 Å². The van der Waals surface area contributed by atoms with E-state index in [2.05, 4.69) is 26.0 Å². The fourth-order valence-electron chi connectivity index (χ4n) is 1.32. The molecular weight excluding hydrogens is 364 g/mol. The monoisotopic (exact) mass is 374 g/mol. The van der Waals surface area contributed by atoms with Gasteiger partial charge in [-0.3, -0.25) is 0 Å². The fourth-order valence-corrected chi connectivity index (χ4v) is 2.18. The first kappa shape index (κ1) is 17.1. The molecule has 0 aliphatic rings. The molecule has 0 aromatic heterocycles. The Bertz CT molecular complexity index is 496. The van der Waals surface area contributed by atoms with Gasteiger partial charge in [0.25, 0.3) is 0 Å². The van der Waals surface area contributed by atoms with Gasteiger partial charge in [-0.1, -0.05) is 12.2 Å². The first-order chi connectivity index (χ1) is 9.22. The zero-order valence-corrected chi connectivity index (χ0v) is 12.5. The Morgan fingerprint density at radius 2 is 2.05 bits per heavy atom. The van der Waals surface area contributed by atoms with Gasteiger partial charge in [-0.15, -0.1) is 0 Å². The zero-order chi connectivity index (χ0) is 15.3. The molecule has 0 aliphatic carbocycles. The SMILES string of the molecule is NC(=S)c1ccc(NCCOCC(F)(F)F)c(F)c1Br. The smallest absolute Gasteiger partial charge is 0.389 e. The lowest BCUT2D eigenvalue weighted by Gasteiger charge is -2.12. The highest BCUT2D eigenvalue weighted by molar-refractivity contribution is 9.10. The van der Waals surface area contributed by atoms with Crippen molar-refractivity contribution in [3.63, 3.8) is 0 Å². The molecule has 0 atom stereocenters. The molecule has 0 radical (unpaired) electrons. The Morgan fingerprint density at radius 3 is 2.60 bits per heavy atom. The zero-order valence-electron chi connectivity index (χ0n) is 10.1. The van der Waals surface area contributed by atoms with Crippen LogP contribution in [0.4, 0.5) is 23.2 Å². The molecule has 9 heteroatoms. The molecular formula is C11H11BrF4N2OS. The molecule has 0 bridgehead atoms. The highest BCUT2D eigenvalue weighted by atomic mass is 79.9. The number of hydrogen-bond acceptors (Lipinski definition) is 3. The fraction of sp³-hybridized carbons (Fsp3) is 0.364. The summed E-state index contributed by atoms with van der Waals surface area (Å²) < 4.78 is 53.8. The van der Waals surface area contributed by atoms with Crippen LogP contribution in [0.1, 0.15) is 5.56 Å². The molecule has 3 N–H and O–H groups in total. The molecule has 0 spiro atoms. The lowest BCUT2D eigenvalue weighted by Crippen LogP contribution is -2.20. The molecule has 0 fully saturated rings. The van der Waals surface area contributed by atoms with E-state index in [0.717, 1.165) is 0 Å². The number of anilines is 1. The molecule has 3 nitrogen and oxygen atoms in total. The molecule has 0 aliphatic heterocycles. The first-order valence-electron chi connectivity index (χ1n) is 5.38. The third-order valence-electron chi connectivity index (χ3n) is 2.18. The Kier molecular flexibility index (Phi) is 6.15. The average molecular weight is 375 g/mol. The van der Waals surface area contributed by atoms with Crippen molar-refractivity contribution in [1.82, 2.24) is 0 Å². The minimum Gasteiger partial charge on any atom is -0.389 e. The second kappa shape index (κ2) is 7.19. The van der Waals surface area contributed by atoms with E-state index in [1.165, 1.54) is 12.1 Å². The topological polar surface area (TPSA) is 47.3 Å². The lowest BCUT2D eigenvalue weighted by molar-refractivity contribution is -0.172. The van der Waals surface area contributed by atoms with Crippen molar-refractivity contribution < 1.29 is 22.3 Å². The third-order valence-corrected chi connectivity index (χ3v) is 3.17. The average Bonchev–Trinajstić information content (AvgIpc) is 2.32. The van der Waals surface area contributed by atoms with Crippen molar-refractivity contribution >= 4 is 38.8 Å². The van der Waals surface area contributed by atoms with E-state index in [-0.39, 0.29) is 28.3 Å². The van der Waals surface area contributed by atoms with Crippen molar-refractivity contribution in [2.45, 2.75) is 6.18 Å². The summed E-state index contributed by atoms with van der Waals surface area (Å²) in [6.45, 7) is -1.50. The molecule has 0 heterocycles. The Balaban J connectivity index is 2.53. The van der Waals surface area contributed by atoms with Crippen LogP contribution >= 0.6 is 28.1 Å². The Labute approximate surface area is 126 Å². The second-order valence-electron chi connectivity index (χ2n) is 3.75. The summed E-state index contributed by atoms with van der Waals surface area (Å²) in [4.78, 5) is 0.0378. The molecule has 0 amide bonds. The van der Waals surface area contributed by atoms with E-state index < -0.39 is 18.6 Å². The van der Waals surface area contributed by atoms with Gasteiger partial charge in [-0.2, -0.15) is 13.2 Å². The van der Waals surface area contributed by atoms with Crippen LogP contribution in [-0.2, 0) is 4.74 Å². The van der Waals surface area contributed by atoms with E-state index in [4.69, 9.17) is 18.0 Å². The van der Waals surface area contributed by atoms with Crippen molar-refractivity contribution in [3.8, 4) is 0 Å². The number of hydrogen-bond donors (Lipinski definition) is 2. The van der Waals surface area contributed by atoms with Gasteiger partial charge in [-0.05, 0) is 28.1 Å². The van der Waals surface area contributed by atoms with E-state index in [9.17, 15) is 17.6 Å². The van der Waals surface area contributed by atoms with Gasteiger partial charge in [0, 0.05) is 12.1 Å². The number of rotatable bonds is 6. The normalized spacial score (nSPS) is 11.4. The number of nitrogens with one attached hydrogen (secondary N) is 1. The molecule has 0 unspecified atom stereocenters. The van der Waals surface area contributed by atoms with Gasteiger partial charge in [0.2, 0.25) is 0 Å². The Hall–Kier alpha value is -0.930. The predicted molar refractivity (Wildman–Crippen MR) is 75.4 cm³/mol. The van der Waals surface area contributed by atoms with Gasteiger partial charge >= 0.3 is 6.18 Å². The van der Waals surface area contributed by atoms with Crippen molar-refractivity contribution in [1.29, 1.82) is 0 Å². The maximum atomic E-state index is 13.9. The minimum atomic E-state index is -4.37. The highest BCUT2D eigenvalue weighted by Gasteiger charge is 2.27. The van der Waals surface area contributed by atoms with Crippen LogP contribution in [0, 0.1) is 5.82 Å². The molecule has 1 rings (SSSR count). The van der Waals surface area contributed by atoms with Gasteiger partial charge in [0.1, 0.15) is 11.6 Å².